The van der Waals surface area contributed by atoms with Crippen LogP contribution in [0.1, 0.15) is 61.8 Å². The third kappa shape index (κ3) is 6.10. The van der Waals surface area contributed by atoms with E-state index in [9.17, 15) is 0 Å². The molecule has 0 bridgehead atoms. The molecule has 0 N–H and O–H groups in total. The maximum atomic E-state index is 6.50. The predicted molar refractivity (Wildman–Crippen MR) is 235 cm³/mol. The van der Waals surface area contributed by atoms with Crippen molar-refractivity contribution < 1.29 is 4.42 Å². The van der Waals surface area contributed by atoms with Crippen LogP contribution in [0.3, 0.4) is 0 Å². The molecule has 0 atom stereocenters. The van der Waals surface area contributed by atoms with E-state index >= 15 is 0 Å². The van der Waals surface area contributed by atoms with Gasteiger partial charge in [0.15, 0.2) is 0 Å². The second-order valence-electron chi connectivity index (χ2n) is 16.1. The van der Waals surface area contributed by atoms with E-state index in [4.69, 9.17) is 9.40 Å². The molecule has 0 fully saturated rings. The molecule has 0 amide bonds. The number of nitrogens with zero attached hydrogens (tertiary/aromatic N) is 1. The van der Waals surface area contributed by atoms with E-state index in [-0.39, 0.29) is 5.41 Å². The van der Waals surface area contributed by atoms with E-state index in [1.165, 1.54) is 70.2 Å². The van der Waals surface area contributed by atoms with Crippen LogP contribution in [0.5, 0.6) is 0 Å². The molecule has 1 aliphatic rings. The summed E-state index contributed by atoms with van der Waals surface area (Å²) >= 11 is 0. The molecule has 10 rings (SSSR count). The lowest BCUT2D eigenvalue weighted by Gasteiger charge is -2.22. The summed E-state index contributed by atoms with van der Waals surface area (Å²) in [6, 6.07) is 59.8. The molecule has 1 aliphatic carbocycles. The van der Waals surface area contributed by atoms with Crippen molar-refractivity contribution in [1.82, 2.24) is 4.98 Å². The molecule has 0 radical (unpaired) electrons. The van der Waals surface area contributed by atoms with Crippen molar-refractivity contribution in [2.45, 2.75) is 57.8 Å². The molecule has 0 aliphatic heterocycles. The number of fused-ring (bicyclic) bond motifs is 7. The van der Waals surface area contributed by atoms with Crippen molar-refractivity contribution in [1.29, 1.82) is 0 Å². The molecular weight excluding hydrogens is 679 g/mol. The second-order valence-corrected chi connectivity index (χ2v) is 16.1. The van der Waals surface area contributed by atoms with E-state index in [2.05, 4.69) is 172 Å². The molecule has 272 valence electrons. The van der Waals surface area contributed by atoms with Gasteiger partial charge >= 0.3 is 0 Å². The van der Waals surface area contributed by atoms with Crippen LogP contribution in [0.15, 0.2) is 168 Å². The molecule has 56 heavy (non-hydrogen) atoms. The van der Waals surface area contributed by atoms with Crippen LogP contribution in [0.4, 0.5) is 0 Å². The predicted octanol–water partition coefficient (Wildman–Crippen LogP) is 14.8. The van der Waals surface area contributed by atoms with Gasteiger partial charge in [-0.05, 0) is 106 Å². The minimum atomic E-state index is -0.0793. The van der Waals surface area contributed by atoms with Gasteiger partial charge in [-0.2, -0.15) is 0 Å². The molecule has 0 unspecified atom stereocenters. The van der Waals surface area contributed by atoms with Crippen molar-refractivity contribution in [3.63, 3.8) is 0 Å². The lowest BCUT2D eigenvalue weighted by molar-refractivity contribution is 0.640. The Labute approximate surface area is 329 Å². The fraction of sp³-hybridized carbons (Fsp3) is 0.167. The van der Waals surface area contributed by atoms with Crippen molar-refractivity contribution in [2.75, 3.05) is 0 Å². The number of hydrogen-bond acceptors (Lipinski definition) is 2. The van der Waals surface area contributed by atoms with E-state index < -0.39 is 0 Å². The van der Waals surface area contributed by atoms with Gasteiger partial charge in [-0.3, -0.25) is 0 Å². The zero-order chi connectivity index (χ0) is 37.6. The number of aryl methyl sites for hydroxylation is 2. The molecule has 2 nitrogen and oxygen atoms in total. The molecule has 2 aromatic heterocycles. The number of furan rings is 1. The zero-order valence-corrected chi connectivity index (χ0v) is 32.2. The molecule has 0 spiro atoms. The highest BCUT2D eigenvalue weighted by Crippen LogP contribution is 2.50. The van der Waals surface area contributed by atoms with Crippen LogP contribution in [-0.2, 0) is 18.3 Å². The van der Waals surface area contributed by atoms with Gasteiger partial charge in [0, 0.05) is 32.7 Å². The Morgan fingerprint density at radius 1 is 0.446 bits per heavy atom. The van der Waals surface area contributed by atoms with Crippen molar-refractivity contribution in [3.8, 4) is 44.6 Å². The maximum absolute atomic E-state index is 6.50. The van der Waals surface area contributed by atoms with Crippen LogP contribution in [0.2, 0.25) is 0 Å². The van der Waals surface area contributed by atoms with Crippen LogP contribution in [0, 0.1) is 0 Å². The minimum Gasteiger partial charge on any atom is -0.455 e. The number of unbranched alkanes of at least 4 members (excludes halogenated alkanes) is 3. The van der Waals surface area contributed by atoms with Crippen molar-refractivity contribution >= 4 is 32.8 Å². The van der Waals surface area contributed by atoms with Crippen LogP contribution >= 0.6 is 0 Å². The number of pyridine rings is 1. The van der Waals surface area contributed by atoms with E-state index in [1.807, 2.05) is 6.07 Å². The molecule has 7 aromatic carbocycles. The standard InChI is InChI=1S/C54H45NO/c1-54(2)48-26-12-10-22-42(48)43-30-28-40(34-49(43)54)51-35-46(38-21-14-20-37(32-38)19-7-4-3-6-16-36-17-8-5-9-18-36)47-33-39(29-31-50(47)55-51)41-24-15-25-45-44-23-11-13-27-52(44)56-53(41)45/h5,8-15,17-18,20-35H,3-4,6-7,16,19H2,1-2H3. The van der Waals surface area contributed by atoms with Gasteiger partial charge in [-0.25, -0.2) is 4.98 Å². The van der Waals surface area contributed by atoms with Crippen molar-refractivity contribution in [2.24, 2.45) is 0 Å². The Bertz CT molecular complexity index is 2890. The third-order valence-electron chi connectivity index (χ3n) is 12.2. The first-order valence-electron chi connectivity index (χ1n) is 20.2. The average Bonchev–Trinajstić information content (AvgIpc) is 3.74. The van der Waals surface area contributed by atoms with Crippen LogP contribution in [-0.4, -0.2) is 4.98 Å². The Morgan fingerprint density at radius 3 is 2.02 bits per heavy atom. The largest absolute Gasteiger partial charge is 0.455 e. The van der Waals surface area contributed by atoms with Gasteiger partial charge in [0.25, 0.3) is 0 Å². The van der Waals surface area contributed by atoms with E-state index in [1.54, 1.807) is 0 Å². The molecule has 2 heteroatoms. The van der Waals surface area contributed by atoms with Gasteiger partial charge in [0.05, 0.1) is 11.2 Å². The molecule has 2 heterocycles. The summed E-state index contributed by atoms with van der Waals surface area (Å²) < 4.78 is 6.50. The van der Waals surface area contributed by atoms with Gasteiger partial charge < -0.3 is 4.42 Å². The lowest BCUT2D eigenvalue weighted by atomic mass is 9.82. The number of benzene rings is 7. The topological polar surface area (TPSA) is 26.0 Å². The molecule has 0 saturated heterocycles. The Kier molecular flexibility index (Phi) is 8.63. The highest BCUT2D eigenvalue weighted by molar-refractivity contribution is 6.10. The average molecular weight is 724 g/mol. The quantitative estimate of drug-likeness (QED) is 0.131. The third-order valence-corrected chi connectivity index (χ3v) is 12.2. The van der Waals surface area contributed by atoms with E-state index in [0.717, 1.165) is 68.1 Å². The van der Waals surface area contributed by atoms with Crippen LogP contribution in [0.25, 0.3) is 77.5 Å². The number of hydrogen-bond donors (Lipinski definition) is 0. The second kappa shape index (κ2) is 14.1. The molecule has 9 aromatic rings. The van der Waals surface area contributed by atoms with Gasteiger partial charge in [0.1, 0.15) is 11.2 Å². The Balaban J connectivity index is 1.03. The highest BCUT2D eigenvalue weighted by atomic mass is 16.3. The van der Waals surface area contributed by atoms with E-state index in [0.29, 0.717) is 0 Å². The highest BCUT2D eigenvalue weighted by Gasteiger charge is 2.35. The fourth-order valence-electron chi connectivity index (χ4n) is 9.17. The maximum Gasteiger partial charge on any atom is 0.143 e. The number of para-hydroxylation sites is 2. The fourth-order valence-corrected chi connectivity index (χ4v) is 9.17. The van der Waals surface area contributed by atoms with Gasteiger partial charge in [-0.15, -0.1) is 0 Å². The summed E-state index contributed by atoms with van der Waals surface area (Å²) in [6.45, 7) is 4.69. The molecular formula is C54H45NO. The van der Waals surface area contributed by atoms with Crippen LogP contribution < -0.4 is 0 Å². The summed E-state index contributed by atoms with van der Waals surface area (Å²) in [5, 5.41) is 3.43. The summed E-state index contributed by atoms with van der Waals surface area (Å²) in [5.41, 5.74) is 17.8. The van der Waals surface area contributed by atoms with Gasteiger partial charge in [0.2, 0.25) is 0 Å². The lowest BCUT2D eigenvalue weighted by Crippen LogP contribution is -2.14. The summed E-state index contributed by atoms with van der Waals surface area (Å²) in [6.07, 6.45) is 7.18. The monoisotopic (exact) mass is 723 g/mol. The zero-order valence-electron chi connectivity index (χ0n) is 32.2. The van der Waals surface area contributed by atoms with Gasteiger partial charge in [-0.1, -0.05) is 160 Å². The number of aromatic nitrogens is 1. The summed E-state index contributed by atoms with van der Waals surface area (Å²) in [7, 11) is 0. The SMILES string of the molecule is CC1(C)c2ccccc2-c2ccc(-c3cc(-c4cccc(CCCCCCc5ccccc5)c4)c4cc(-c5cccc6c5oc5ccccc56)ccc4n3)cc21. The summed E-state index contributed by atoms with van der Waals surface area (Å²) in [4.78, 5) is 5.38. The minimum absolute atomic E-state index is 0.0793. The first kappa shape index (κ1) is 34.3. The van der Waals surface area contributed by atoms with Crippen molar-refractivity contribution in [3.05, 3.63) is 186 Å². The number of rotatable bonds is 10. The Hall–Kier alpha value is -6.25. The first-order chi connectivity index (χ1) is 27.5. The first-order valence-corrected chi connectivity index (χ1v) is 20.2. The smallest absolute Gasteiger partial charge is 0.143 e. The Morgan fingerprint density at radius 2 is 1.12 bits per heavy atom. The normalized spacial score (nSPS) is 13.0. The molecule has 0 saturated carbocycles. The summed E-state index contributed by atoms with van der Waals surface area (Å²) in [5.74, 6) is 0.